The maximum absolute atomic E-state index is 9.59. The van der Waals surface area contributed by atoms with Crippen molar-refractivity contribution in [3.8, 4) is 5.75 Å². The lowest BCUT2D eigenvalue weighted by Crippen LogP contribution is -2.10. The molecule has 0 saturated heterocycles. The van der Waals surface area contributed by atoms with E-state index in [1.807, 2.05) is 18.2 Å². The Morgan fingerprint density at radius 1 is 1.50 bits per heavy atom. The summed E-state index contributed by atoms with van der Waals surface area (Å²) in [5, 5.41) is 9.59. The first kappa shape index (κ1) is 11.0. The van der Waals surface area contributed by atoms with Gasteiger partial charge in [-0.3, -0.25) is 0 Å². The number of nitrogens with two attached hydrogens (primary N) is 1. The first-order chi connectivity index (χ1) is 6.76. The highest BCUT2D eigenvalue weighted by Crippen LogP contribution is 2.14. The van der Waals surface area contributed by atoms with Crippen LogP contribution in [0, 0.1) is 0 Å². The van der Waals surface area contributed by atoms with Crippen LogP contribution in [0.5, 0.6) is 5.75 Å². The summed E-state index contributed by atoms with van der Waals surface area (Å²) in [6.07, 6.45) is 2.21. The molecule has 0 spiro atoms. The van der Waals surface area contributed by atoms with Crippen molar-refractivity contribution in [2.24, 2.45) is 5.90 Å². The number of benzene rings is 1. The highest BCUT2D eigenvalue weighted by Gasteiger charge is 2.04. The van der Waals surface area contributed by atoms with Crippen molar-refractivity contribution in [3.63, 3.8) is 0 Å². The van der Waals surface area contributed by atoms with Gasteiger partial charge in [0.1, 0.15) is 5.75 Å². The largest absolute Gasteiger partial charge is 0.412 e. The Bertz CT molecular complexity index is 276. The molecule has 0 aliphatic rings. The predicted molar refractivity (Wildman–Crippen MR) is 55.9 cm³/mol. The van der Waals surface area contributed by atoms with E-state index in [9.17, 15) is 5.11 Å². The molecule has 14 heavy (non-hydrogen) atoms. The summed E-state index contributed by atoms with van der Waals surface area (Å²) in [7, 11) is 0. The van der Waals surface area contributed by atoms with Crippen molar-refractivity contribution in [2.45, 2.75) is 32.3 Å². The predicted octanol–water partition coefficient (Wildman–Crippen LogP) is 1.64. The highest BCUT2D eigenvalue weighted by atomic mass is 16.6. The molecule has 1 aromatic carbocycles. The Morgan fingerprint density at radius 2 is 2.29 bits per heavy atom. The minimum absolute atomic E-state index is 0.270. The van der Waals surface area contributed by atoms with Crippen molar-refractivity contribution in [1.82, 2.24) is 0 Å². The Labute approximate surface area is 84.5 Å². The Kier molecular flexibility index (Phi) is 4.43. The van der Waals surface area contributed by atoms with Crippen LogP contribution in [0.3, 0.4) is 0 Å². The molecule has 1 aromatic rings. The van der Waals surface area contributed by atoms with E-state index in [1.54, 1.807) is 6.07 Å². The van der Waals surface area contributed by atoms with Gasteiger partial charge in [0.25, 0.3) is 0 Å². The van der Waals surface area contributed by atoms with Crippen LogP contribution in [-0.4, -0.2) is 11.2 Å². The summed E-state index contributed by atoms with van der Waals surface area (Å²) >= 11 is 0. The van der Waals surface area contributed by atoms with E-state index in [2.05, 4.69) is 11.8 Å². The van der Waals surface area contributed by atoms with Gasteiger partial charge >= 0.3 is 0 Å². The van der Waals surface area contributed by atoms with Crippen LogP contribution >= 0.6 is 0 Å². The molecule has 3 heteroatoms. The molecular formula is C11H17NO2. The van der Waals surface area contributed by atoms with Gasteiger partial charge in [0.2, 0.25) is 0 Å². The normalized spacial score (nSPS) is 12.5. The van der Waals surface area contributed by atoms with E-state index >= 15 is 0 Å². The summed E-state index contributed by atoms with van der Waals surface area (Å²) in [6.45, 7) is 2.06. The number of aliphatic hydroxyl groups is 1. The summed E-state index contributed by atoms with van der Waals surface area (Å²) < 4.78 is 0. The van der Waals surface area contributed by atoms with Crippen LogP contribution in [-0.2, 0) is 6.42 Å². The van der Waals surface area contributed by atoms with E-state index in [0.29, 0.717) is 12.2 Å². The lowest BCUT2D eigenvalue weighted by molar-refractivity contribution is 0.164. The zero-order chi connectivity index (χ0) is 10.4. The van der Waals surface area contributed by atoms with Crippen LogP contribution in [0.1, 0.15) is 25.3 Å². The Morgan fingerprint density at radius 3 is 2.93 bits per heavy atom. The first-order valence-electron chi connectivity index (χ1n) is 4.90. The van der Waals surface area contributed by atoms with Crippen molar-refractivity contribution in [3.05, 3.63) is 29.8 Å². The fraction of sp³-hybridized carbons (Fsp3) is 0.455. The van der Waals surface area contributed by atoms with Crippen LogP contribution in [0.4, 0.5) is 0 Å². The fourth-order valence-electron chi connectivity index (χ4n) is 1.45. The van der Waals surface area contributed by atoms with E-state index in [4.69, 9.17) is 5.90 Å². The Balaban J connectivity index is 2.57. The maximum Gasteiger partial charge on any atom is 0.147 e. The van der Waals surface area contributed by atoms with Gasteiger partial charge in [-0.05, 0) is 30.5 Å². The van der Waals surface area contributed by atoms with Crippen LogP contribution in [0.25, 0.3) is 0 Å². The van der Waals surface area contributed by atoms with Crippen molar-refractivity contribution < 1.29 is 9.94 Å². The molecule has 3 nitrogen and oxygen atoms in total. The summed E-state index contributed by atoms with van der Waals surface area (Å²) in [5.41, 5.74) is 1.05. The summed E-state index contributed by atoms with van der Waals surface area (Å²) in [5.74, 6) is 5.68. The van der Waals surface area contributed by atoms with Crippen molar-refractivity contribution in [1.29, 1.82) is 0 Å². The molecule has 0 aromatic heterocycles. The minimum Gasteiger partial charge on any atom is -0.412 e. The number of rotatable bonds is 5. The molecule has 0 aliphatic heterocycles. The zero-order valence-electron chi connectivity index (χ0n) is 8.44. The average molecular weight is 195 g/mol. The van der Waals surface area contributed by atoms with Gasteiger partial charge in [0.15, 0.2) is 0 Å². The quantitative estimate of drug-likeness (QED) is 0.702. The molecule has 1 atom stereocenters. The third-order valence-corrected chi connectivity index (χ3v) is 2.13. The number of aliphatic hydroxyl groups excluding tert-OH is 1. The third-order valence-electron chi connectivity index (χ3n) is 2.13. The molecular weight excluding hydrogens is 178 g/mol. The first-order valence-corrected chi connectivity index (χ1v) is 4.90. The second-order valence-corrected chi connectivity index (χ2v) is 3.41. The Hall–Kier alpha value is -1.06. The molecule has 78 valence electrons. The SMILES string of the molecule is CCC[C@@H](O)Cc1cccc(ON)c1. The maximum atomic E-state index is 9.59. The molecule has 3 N–H and O–H groups in total. The number of hydrogen-bond acceptors (Lipinski definition) is 3. The molecule has 0 unspecified atom stereocenters. The molecule has 0 amide bonds. The van der Waals surface area contributed by atoms with Gasteiger partial charge in [-0.15, -0.1) is 0 Å². The topological polar surface area (TPSA) is 55.5 Å². The summed E-state index contributed by atoms with van der Waals surface area (Å²) in [4.78, 5) is 4.61. The summed E-state index contributed by atoms with van der Waals surface area (Å²) in [6, 6.07) is 7.46. The second-order valence-electron chi connectivity index (χ2n) is 3.41. The monoisotopic (exact) mass is 195 g/mol. The molecule has 0 bridgehead atoms. The van der Waals surface area contributed by atoms with Gasteiger partial charge in [0, 0.05) is 0 Å². The molecule has 0 saturated carbocycles. The van der Waals surface area contributed by atoms with Crippen molar-refractivity contribution >= 4 is 0 Å². The van der Waals surface area contributed by atoms with Crippen LogP contribution < -0.4 is 10.7 Å². The van der Waals surface area contributed by atoms with Crippen molar-refractivity contribution in [2.75, 3.05) is 0 Å². The lowest BCUT2D eigenvalue weighted by Gasteiger charge is -2.09. The second kappa shape index (κ2) is 5.62. The van der Waals surface area contributed by atoms with Gasteiger partial charge in [-0.1, -0.05) is 25.5 Å². The lowest BCUT2D eigenvalue weighted by atomic mass is 10.0. The van der Waals surface area contributed by atoms with E-state index in [-0.39, 0.29) is 6.10 Å². The molecule has 0 fully saturated rings. The van der Waals surface area contributed by atoms with Gasteiger partial charge in [-0.25, -0.2) is 0 Å². The molecule has 1 rings (SSSR count). The van der Waals surface area contributed by atoms with Crippen LogP contribution in [0.15, 0.2) is 24.3 Å². The fourth-order valence-corrected chi connectivity index (χ4v) is 1.45. The smallest absolute Gasteiger partial charge is 0.147 e. The van der Waals surface area contributed by atoms with Gasteiger partial charge in [0.05, 0.1) is 6.10 Å². The van der Waals surface area contributed by atoms with Gasteiger partial charge in [-0.2, -0.15) is 5.90 Å². The van der Waals surface area contributed by atoms with E-state index in [0.717, 1.165) is 18.4 Å². The molecule has 0 heterocycles. The van der Waals surface area contributed by atoms with E-state index < -0.39 is 0 Å². The third kappa shape index (κ3) is 3.36. The van der Waals surface area contributed by atoms with Crippen LogP contribution in [0.2, 0.25) is 0 Å². The van der Waals surface area contributed by atoms with E-state index in [1.165, 1.54) is 0 Å². The minimum atomic E-state index is -0.270. The number of hydrogen-bond donors (Lipinski definition) is 2. The standard InChI is InChI=1S/C11H17NO2/c1-2-4-10(13)7-9-5-3-6-11(8-9)14-12/h3,5-6,8,10,13H,2,4,7,12H2,1H3/t10-/m1/s1. The average Bonchev–Trinajstić information content (AvgIpc) is 2.18. The molecule has 0 radical (unpaired) electrons. The highest BCUT2D eigenvalue weighted by molar-refractivity contribution is 5.28. The zero-order valence-corrected chi connectivity index (χ0v) is 8.44. The van der Waals surface area contributed by atoms with Gasteiger partial charge < -0.3 is 9.94 Å². The molecule has 0 aliphatic carbocycles.